The lowest BCUT2D eigenvalue weighted by Gasteiger charge is -2.30. The summed E-state index contributed by atoms with van der Waals surface area (Å²) in [5, 5.41) is 8.75. The van der Waals surface area contributed by atoms with E-state index in [0.29, 0.717) is 0 Å². The van der Waals surface area contributed by atoms with Crippen molar-refractivity contribution in [3.05, 3.63) is 182 Å². The minimum atomic E-state index is -1.90. The average molecular weight is 726 g/mol. The molecular formula is C39H36Br2P2. The Morgan fingerprint density at radius 3 is 0.581 bits per heavy atom. The second kappa shape index (κ2) is 15.7. The van der Waals surface area contributed by atoms with Crippen LogP contribution in [0.2, 0.25) is 0 Å². The van der Waals surface area contributed by atoms with E-state index < -0.39 is 14.5 Å². The zero-order chi connectivity index (χ0) is 27.8. The quantitative estimate of drug-likeness (QED) is 0.188. The molecule has 0 N–H and O–H groups in total. The Balaban J connectivity index is 0.00000212. The van der Waals surface area contributed by atoms with Gasteiger partial charge in [0, 0.05) is 6.42 Å². The van der Waals surface area contributed by atoms with Gasteiger partial charge in [0.25, 0.3) is 0 Å². The highest BCUT2D eigenvalue weighted by molar-refractivity contribution is 7.96. The minimum absolute atomic E-state index is 0. The summed E-state index contributed by atoms with van der Waals surface area (Å²) < 4.78 is 0. The molecule has 216 valence electrons. The van der Waals surface area contributed by atoms with Crippen molar-refractivity contribution in [2.75, 3.05) is 12.3 Å². The van der Waals surface area contributed by atoms with Crippen molar-refractivity contribution in [3.8, 4) is 0 Å². The average Bonchev–Trinajstić information content (AvgIpc) is 3.08. The fourth-order valence-corrected chi connectivity index (χ4v) is 15.2. The van der Waals surface area contributed by atoms with Crippen LogP contribution in [0.3, 0.4) is 0 Å². The van der Waals surface area contributed by atoms with Crippen molar-refractivity contribution in [1.82, 2.24) is 0 Å². The molecule has 0 unspecified atom stereocenters. The van der Waals surface area contributed by atoms with Gasteiger partial charge in [0.05, 0.1) is 12.3 Å². The van der Waals surface area contributed by atoms with Crippen LogP contribution >= 0.6 is 14.5 Å². The molecule has 0 saturated carbocycles. The van der Waals surface area contributed by atoms with Gasteiger partial charge in [-0.2, -0.15) is 0 Å². The molecule has 0 atom stereocenters. The fourth-order valence-electron chi connectivity index (χ4n) is 6.31. The standard InChI is InChI=1S/C39H36P2.2BrH/c1-7-20-34(21-8-1)40(35-22-9-2-10-23-35,36-24-11-3-12-25-36)32-19-33-41(37-26-13-4-14-27-37,38-28-15-5-16-29-38)39-30-17-6-18-31-39;;/h1-18,20-31H,19,32-33H2;2*1H/q+2;;/p-2. The Kier molecular flexibility index (Phi) is 12.1. The van der Waals surface area contributed by atoms with Gasteiger partial charge in [0.1, 0.15) is 46.4 Å². The summed E-state index contributed by atoms with van der Waals surface area (Å²) in [5.74, 6) is 0. The van der Waals surface area contributed by atoms with Gasteiger partial charge in [0.15, 0.2) is 0 Å². The smallest absolute Gasteiger partial charge is 0.112 e. The summed E-state index contributed by atoms with van der Waals surface area (Å²) in [4.78, 5) is 0. The summed E-state index contributed by atoms with van der Waals surface area (Å²) >= 11 is 0. The van der Waals surface area contributed by atoms with Crippen molar-refractivity contribution in [1.29, 1.82) is 0 Å². The summed E-state index contributed by atoms with van der Waals surface area (Å²) in [5.41, 5.74) is 0. The van der Waals surface area contributed by atoms with E-state index in [0.717, 1.165) is 18.7 Å². The molecule has 0 aromatic heterocycles. The zero-order valence-corrected chi connectivity index (χ0v) is 29.1. The summed E-state index contributed by atoms with van der Waals surface area (Å²) in [6, 6.07) is 67.8. The number of rotatable bonds is 10. The van der Waals surface area contributed by atoms with Crippen molar-refractivity contribution in [3.63, 3.8) is 0 Å². The van der Waals surface area contributed by atoms with Gasteiger partial charge in [-0.05, 0) is 72.8 Å². The van der Waals surface area contributed by atoms with Gasteiger partial charge in [-0.15, -0.1) is 0 Å². The number of hydrogen-bond acceptors (Lipinski definition) is 0. The van der Waals surface area contributed by atoms with E-state index in [4.69, 9.17) is 0 Å². The topological polar surface area (TPSA) is 0 Å². The van der Waals surface area contributed by atoms with E-state index >= 15 is 0 Å². The van der Waals surface area contributed by atoms with Crippen LogP contribution in [0.1, 0.15) is 6.42 Å². The van der Waals surface area contributed by atoms with Crippen LogP contribution in [0.5, 0.6) is 0 Å². The first-order valence-electron chi connectivity index (χ1n) is 14.4. The zero-order valence-electron chi connectivity index (χ0n) is 24.1. The molecule has 0 aliphatic rings. The molecule has 6 rings (SSSR count). The van der Waals surface area contributed by atoms with Crippen LogP contribution in [0, 0.1) is 0 Å². The maximum atomic E-state index is 2.36. The van der Waals surface area contributed by atoms with E-state index in [1.807, 2.05) is 0 Å². The lowest BCUT2D eigenvalue weighted by Crippen LogP contribution is -3.00. The molecule has 0 fully saturated rings. The van der Waals surface area contributed by atoms with Crippen molar-refractivity contribution in [2.24, 2.45) is 0 Å². The third-order valence-corrected chi connectivity index (χ3v) is 17.2. The molecule has 0 saturated heterocycles. The van der Waals surface area contributed by atoms with Crippen LogP contribution in [-0.4, -0.2) is 12.3 Å². The molecule has 0 aliphatic carbocycles. The lowest BCUT2D eigenvalue weighted by molar-refractivity contribution is -0.001000. The minimum Gasteiger partial charge on any atom is -1.00 e. The van der Waals surface area contributed by atoms with E-state index in [2.05, 4.69) is 182 Å². The molecule has 0 radical (unpaired) electrons. The Hall–Kier alpha value is -2.86. The van der Waals surface area contributed by atoms with Gasteiger partial charge >= 0.3 is 0 Å². The van der Waals surface area contributed by atoms with Crippen molar-refractivity contribution < 1.29 is 34.0 Å². The first kappa shape index (κ1) is 33.0. The highest BCUT2D eigenvalue weighted by atomic mass is 79.9. The molecule has 0 bridgehead atoms. The predicted molar refractivity (Wildman–Crippen MR) is 185 cm³/mol. The maximum Gasteiger partial charge on any atom is 0.112 e. The molecule has 0 heterocycles. The van der Waals surface area contributed by atoms with Gasteiger partial charge in [-0.3, -0.25) is 0 Å². The maximum absolute atomic E-state index is 2.36. The Bertz CT molecular complexity index is 1310. The first-order chi connectivity index (χ1) is 20.3. The first-order valence-corrected chi connectivity index (χ1v) is 18.4. The molecular weight excluding hydrogens is 690 g/mol. The number of benzene rings is 6. The highest BCUT2D eigenvalue weighted by Gasteiger charge is 2.49. The van der Waals surface area contributed by atoms with Crippen molar-refractivity contribution in [2.45, 2.75) is 6.42 Å². The molecule has 0 aliphatic heterocycles. The van der Waals surface area contributed by atoms with Crippen LogP contribution < -0.4 is 65.8 Å². The Labute approximate surface area is 279 Å². The second-order valence-corrected chi connectivity index (χ2v) is 17.7. The third kappa shape index (κ3) is 6.79. The van der Waals surface area contributed by atoms with Gasteiger partial charge in [-0.25, -0.2) is 0 Å². The van der Waals surface area contributed by atoms with E-state index in [-0.39, 0.29) is 34.0 Å². The molecule has 0 amide bonds. The summed E-state index contributed by atoms with van der Waals surface area (Å²) in [6.45, 7) is 0. The SMILES string of the molecule is [Br-].[Br-].c1ccc([P+](CCC[P+](c2ccccc2)(c2ccccc2)c2ccccc2)(c2ccccc2)c2ccccc2)cc1. The van der Waals surface area contributed by atoms with E-state index in [9.17, 15) is 0 Å². The molecule has 4 heteroatoms. The highest BCUT2D eigenvalue weighted by Crippen LogP contribution is 2.60. The molecule has 6 aromatic rings. The van der Waals surface area contributed by atoms with Crippen LogP contribution in [0.15, 0.2) is 182 Å². The van der Waals surface area contributed by atoms with Crippen LogP contribution in [0.25, 0.3) is 0 Å². The molecule has 43 heavy (non-hydrogen) atoms. The van der Waals surface area contributed by atoms with Gasteiger partial charge in [0.2, 0.25) is 0 Å². The van der Waals surface area contributed by atoms with Crippen molar-refractivity contribution >= 4 is 46.4 Å². The second-order valence-electron chi connectivity index (χ2n) is 10.4. The predicted octanol–water partition coefficient (Wildman–Crippen LogP) is 1.37. The monoisotopic (exact) mass is 724 g/mol. The van der Waals surface area contributed by atoms with Crippen LogP contribution in [-0.2, 0) is 0 Å². The molecule has 0 spiro atoms. The van der Waals surface area contributed by atoms with Gasteiger partial charge in [-0.1, -0.05) is 109 Å². The molecule has 0 nitrogen and oxygen atoms in total. The number of halogens is 2. The Morgan fingerprint density at radius 2 is 0.419 bits per heavy atom. The van der Waals surface area contributed by atoms with E-state index in [1.165, 1.54) is 31.8 Å². The fraction of sp³-hybridized carbons (Fsp3) is 0.0769. The van der Waals surface area contributed by atoms with Gasteiger partial charge < -0.3 is 34.0 Å². The summed E-state index contributed by atoms with van der Waals surface area (Å²) in [6.07, 6.45) is 3.37. The third-order valence-electron chi connectivity index (χ3n) is 8.17. The summed E-state index contributed by atoms with van der Waals surface area (Å²) in [7, 11) is -3.79. The van der Waals surface area contributed by atoms with Crippen LogP contribution in [0.4, 0.5) is 0 Å². The molecule has 6 aromatic carbocycles. The lowest BCUT2D eigenvalue weighted by atomic mass is 10.3. The van der Waals surface area contributed by atoms with E-state index in [1.54, 1.807) is 0 Å². The normalized spacial score (nSPS) is 11.2. The largest absolute Gasteiger partial charge is 1.00 e. The number of hydrogen-bond donors (Lipinski definition) is 0. The Morgan fingerprint density at radius 1 is 0.256 bits per heavy atom.